The molecule has 21 heavy (non-hydrogen) atoms. The summed E-state index contributed by atoms with van der Waals surface area (Å²) in [7, 11) is -7.20. The molecule has 0 heterocycles. The number of sulfonamides is 2. The standard InChI is InChI=1S/C13H22N2O4S2/c1-10(2)7-8-20(16,17)15-11(3)12-5-4-6-13(9-12)21(14,18)19/h4-6,9-11,15H,7-8H2,1-3H3,(H2,14,18,19). The smallest absolute Gasteiger partial charge is 0.225 e. The fourth-order valence-corrected chi connectivity index (χ4v) is 3.89. The third kappa shape index (κ3) is 6.13. The number of nitrogens with two attached hydrogens (primary N) is 1. The second-order valence-corrected chi connectivity index (χ2v) is 8.89. The van der Waals surface area contributed by atoms with Crippen LogP contribution in [0.2, 0.25) is 0 Å². The van der Waals surface area contributed by atoms with E-state index in [0.29, 0.717) is 17.9 Å². The van der Waals surface area contributed by atoms with Crippen molar-refractivity contribution < 1.29 is 16.8 Å². The molecule has 0 spiro atoms. The number of nitrogens with one attached hydrogen (secondary N) is 1. The zero-order valence-electron chi connectivity index (χ0n) is 12.4. The van der Waals surface area contributed by atoms with Crippen molar-refractivity contribution in [2.45, 2.75) is 38.1 Å². The van der Waals surface area contributed by atoms with Gasteiger partial charge in [0.25, 0.3) is 0 Å². The molecule has 0 aliphatic heterocycles. The molecule has 1 unspecified atom stereocenters. The molecule has 0 aliphatic rings. The van der Waals surface area contributed by atoms with Crippen LogP contribution >= 0.6 is 0 Å². The summed E-state index contributed by atoms with van der Waals surface area (Å²) in [5.41, 5.74) is 0.551. The summed E-state index contributed by atoms with van der Waals surface area (Å²) in [5.74, 6) is 0.340. The van der Waals surface area contributed by atoms with Gasteiger partial charge < -0.3 is 0 Å². The monoisotopic (exact) mass is 334 g/mol. The Morgan fingerprint density at radius 2 is 1.76 bits per heavy atom. The van der Waals surface area contributed by atoms with Crippen LogP contribution in [0.25, 0.3) is 0 Å². The van der Waals surface area contributed by atoms with E-state index in [1.807, 2.05) is 13.8 Å². The maximum Gasteiger partial charge on any atom is 0.238 e. The quantitative estimate of drug-likeness (QED) is 0.785. The minimum Gasteiger partial charge on any atom is -0.225 e. The first kappa shape index (κ1) is 18.1. The Hall–Kier alpha value is -0.960. The van der Waals surface area contributed by atoms with Gasteiger partial charge in [-0.3, -0.25) is 0 Å². The zero-order chi connectivity index (χ0) is 16.3. The lowest BCUT2D eigenvalue weighted by Gasteiger charge is -2.16. The molecule has 0 aromatic heterocycles. The molecule has 120 valence electrons. The van der Waals surface area contributed by atoms with Crippen LogP contribution in [-0.2, 0) is 20.0 Å². The summed E-state index contributed by atoms with van der Waals surface area (Å²) in [6, 6.07) is 5.42. The SMILES string of the molecule is CC(C)CCS(=O)(=O)NC(C)c1cccc(S(N)(=O)=O)c1. The van der Waals surface area contributed by atoms with Crippen LogP contribution in [-0.4, -0.2) is 22.6 Å². The first-order valence-corrected chi connectivity index (χ1v) is 9.84. The van der Waals surface area contributed by atoms with E-state index in [-0.39, 0.29) is 10.6 Å². The van der Waals surface area contributed by atoms with Crippen molar-refractivity contribution in [3.05, 3.63) is 29.8 Å². The van der Waals surface area contributed by atoms with Gasteiger partial charge in [-0.1, -0.05) is 26.0 Å². The minimum atomic E-state index is -3.80. The molecule has 0 radical (unpaired) electrons. The summed E-state index contributed by atoms with van der Waals surface area (Å²) < 4.78 is 49.1. The molecule has 0 fully saturated rings. The third-order valence-corrected chi connectivity index (χ3v) is 5.40. The Labute approximate surface area is 126 Å². The average Bonchev–Trinajstić information content (AvgIpc) is 2.35. The third-order valence-electron chi connectivity index (χ3n) is 3.01. The lowest BCUT2D eigenvalue weighted by Crippen LogP contribution is -2.29. The Balaban J connectivity index is 2.87. The molecule has 3 N–H and O–H groups in total. The van der Waals surface area contributed by atoms with Crippen molar-refractivity contribution in [2.75, 3.05) is 5.75 Å². The molecule has 0 bridgehead atoms. The van der Waals surface area contributed by atoms with E-state index >= 15 is 0 Å². The number of hydrogen-bond donors (Lipinski definition) is 2. The fourth-order valence-electron chi connectivity index (χ4n) is 1.75. The van der Waals surface area contributed by atoms with Crippen LogP contribution in [0.5, 0.6) is 0 Å². The molecular formula is C13H22N2O4S2. The molecule has 6 nitrogen and oxygen atoms in total. The van der Waals surface area contributed by atoms with E-state index < -0.39 is 26.1 Å². The molecular weight excluding hydrogens is 312 g/mol. The highest BCUT2D eigenvalue weighted by Gasteiger charge is 2.17. The van der Waals surface area contributed by atoms with E-state index in [4.69, 9.17) is 5.14 Å². The van der Waals surface area contributed by atoms with Crippen LogP contribution < -0.4 is 9.86 Å². The number of hydrogen-bond acceptors (Lipinski definition) is 4. The summed E-state index contributed by atoms with van der Waals surface area (Å²) >= 11 is 0. The summed E-state index contributed by atoms with van der Waals surface area (Å²) in [6.45, 7) is 5.57. The van der Waals surface area contributed by atoms with Gasteiger partial charge in [0.05, 0.1) is 10.6 Å². The van der Waals surface area contributed by atoms with Gasteiger partial charge in [0.15, 0.2) is 0 Å². The second kappa shape index (κ2) is 6.87. The Morgan fingerprint density at radius 1 is 1.14 bits per heavy atom. The van der Waals surface area contributed by atoms with Gasteiger partial charge >= 0.3 is 0 Å². The van der Waals surface area contributed by atoms with E-state index in [1.165, 1.54) is 18.2 Å². The van der Waals surface area contributed by atoms with Crippen molar-refractivity contribution >= 4 is 20.0 Å². The molecule has 0 saturated carbocycles. The molecule has 1 aromatic carbocycles. The van der Waals surface area contributed by atoms with Crippen LogP contribution in [0.4, 0.5) is 0 Å². The van der Waals surface area contributed by atoms with Crippen LogP contribution in [0.15, 0.2) is 29.2 Å². The first-order valence-electron chi connectivity index (χ1n) is 6.64. The topological polar surface area (TPSA) is 106 Å². The van der Waals surface area contributed by atoms with Gasteiger partial charge in [-0.2, -0.15) is 0 Å². The van der Waals surface area contributed by atoms with Gasteiger partial charge in [-0.05, 0) is 37.0 Å². The van der Waals surface area contributed by atoms with Crippen LogP contribution in [0.3, 0.4) is 0 Å². The highest BCUT2D eigenvalue weighted by molar-refractivity contribution is 7.89. The van der Waals surface area contributed by atoms with Gasteiger partial charge in [0, 0.05) is 6.04 Å². The lowest BCUT2D eigenvalue weighted by atomic mass is 10.1. The molecule has 0 aliphatic carbocycles. The summed E-state index contributed by atoms with van der Waals surface area (Å²) in [6.07, 6.45) is 0.569. The maximum absolute atomic E-state index is 11.9. The maximum atomic E-state index is 11.9. The number of rotatable bonds is 7. The second-order valence-electron chi connectivity index (χ2n) is 5.46. The largest absolute Gasteiger partial charge is 0.238 e. The molecule has 8 heteroatoms. The Morgan fingerprint density at radius 3 is 2.29 bits per heavy atom. The molecule has 1 atom stereocenters. The summed E-state index contributed by atoms with van der Waals surface area (Å²) in [5, 5.41) is 5.07. The van der Waals surface area contributed by atoms with Crippen molar-refractivity contribution in [3.8, 4) is 0 Å². The van der Waals surface area contributed by atoms with Gasteiger partial charge in [0.1, 0.15) is 0 Å². The Kier molecular flexibility index (Phi) is 5.92. The predicted molar refractivity (Wildman–Crippen MR) is 82.6 cm³/mol. The average molecular weight is 334 g/mol. The van der Waals surface area contributed by atoms with Gasteiger partial charge in [-0.25, -0.2) is 26.7 Å². The number of primary sulfonamides is 1. The van der Waals surface area contributed by atoms with Crippen molar-refractivity contribution in [1.29, 1.82) is 0 Å². The Bertz CT molecular complexity index is 682. The molecule has 1 rings (SSSR count). The van der Waals surface area contributed by atoms with Crippen molar-refractivity contribution in [1.82, 2.24) is 4.72 Å². The summed E-state index contributed by atoms with van der Waals surface area (Å²) in [4.78, 5) is -0.0340. The van der Waals surface area contributed by atoms with E-state index in [1.54, 1.807) is 13.0 Å². The van der Waals surface area contributed by atoms with E-state index in [0.717, 1.165) is 0 Å². The highest BCUT2D eigenvalue weighted by atomic mass is 32.2. The van der Waals surface area contributed by atoms with Gasteiger partial charge in [-0.15, -0.1) is 0 Å². The molecule has 0 amide bonds. The first-order chi connectivity index (χ1) is 9.51. The zero-order valence-corrected chi connectivity index (χ0v) is 14.0. The minimum absolute atomic E-state index is 0.0340. The molecule has 1 aromatic rings. The van der Waals surface area contributed by atoms with Gasteiger partial charge in [0.2, 0.25) is 20.0 Å². The van der Waals surface area contributed by atoms with Crippen LogP contribution in [0.1, 0.15) is 38.8 Å². The fraction of sp³-hybridized carbons (Fsp3) is 0.538. The lowest BCUT2D eigenvalue weighted by molar-refractivity contribution is 0.550. The van der Waals surface area contributed by atoms with Crippen molar-refractivity contribution in [2.24, 2.45) is 11.1 Å². The number of benzene rings is 1. The predicted octanol–water partition coefficient (Wildman–Crippen LogP) is 1.36. The molecule has 0 saturated heterocycles. The normalized spacial score (nSPS) is 14.3. The van der Waals surface area contributed by atoms with Crippen molar-refractivity contribution in [3.63, 3.8) is 0 Å². The van der Waals surface area contributed by atoms with E-state index in [2.05, 4.69) is 4.72 Å². The van der Waals surface area contributed by atoms with E-state index in [9.17, 15) is 16.8 Å². The highest BCUT2D eigenvalue weighted by Crippen LogP contribution is 2.18. The van der Waals surface area contributed by atoms with Crippen LogP contribution in [0, 0.1) is 5.92 Å².